The maximum Gasteiger partial charge on any atom is 0.0787 e. The highest BCUT2D eigenvalue weighted by Gasteiger charge is 2.46. The predicted octanol–water partition coefficient (Wildman–Crippen LogP) is 2.10. The summed E-state index contributed by atoms with van der Waals surface area (Å²) in [5.74, 6) is 0. The summed E-state index contributed by atoms with van der Waals surface area (Å²) in [5.41, 5.74) is -0.0718. The Morgan fingerprint density at radius 1 is 1.19 bits per heavy atom. The predicted molar refractivity (Wildman–Crippen MR) is 64.6 cm³/mol. The molecule has 2 heterocycles. The second-order valence-electron chi connectivity index (χ2n) is 6.30. The summed E-state index contributed by atoms with van der Waals surface area (Å²) in [6.45, 7) is 10.5. The topological polar surface area (TPSA) is 30.5 Å². The van der Waals surface area contributed by atoms with Crippen LogP contribution in [0, 0.1) is 0 Å². The van der Waals surface area contributed by atoms with E-state index in [1.165, 1.54) is 12.8 Å². The van der Waals surface area contributed by atoms with Crippen LogP contribution in [0.25, 0.3) is 0 Å². The van der Waals surface area contributed by atoms with Crippen molar-refractivity contribution in [3.63, 3.8) is 0 Å². The van der Waals surface area contributed by atoms with E-state index in [4.69, 9.17) is 9.47 Å². The number of hydrogen-bond acceptors (Lipinski definition) is 3. The summed E-state index contributed by atoms with van der Waals surface area (Å²) in [7, 11) is 0. The van der Waals surface area contributed by atoms with Gasteiger partial charge >= 0.3 is 0 Å². The van der Waals surface area contributed by atoms with Crippen LogP contribution in [-0.2, 0) is 9.47 Å². The van der Waals surface area contributed by atoms with Gasteiger partial charge in [0, 0.05) is 18.7 Å². The van der Waals surface area contributed by atoms with Crippen molar-refractivity contribution < 1.29 is 9.47 Å². The summed E-state index contributed by atoms with van der Waals surface area (Å²) in [4.78, 5) is 0. The maximum absolute atomic E-state index is 6.09. The number of hydrogen-bond donors (Lipinski definition) is 1. The fraction of sp³-hybridized carbons (Fsp3) is 1.00. The van der Waals surface area contributed by atoms with Crippen molar-refractivity contribution >= 4 is 0 Å². The lowest BCUT2D eigenvalue weighted by molar-refractivity contribution is -0.0716. The van der Waals surface area contributed by atoms with Crippen molar-refractivity contribution in [3.05, 3.63) is 0 Å². The van der Waals surface area contributed by atoms with Crippen LogP contribution < -0.4 is 5.32 Å². The molecule has 2 aliphatic rings. The number of ether oxygens (including phenoxy) is 2. The summed E-state index contributed by atoms with van der Waals surface area (Å²) in [6.07, 6.45) is 3.48. The fourth-order valence-corrected chi connectivity index (χ4v) is 2.98. The van der Waals surface area contributed by atoms with E-state index >= 15 is 0 Å². The maximum atomic E-state index is 6.09. The monoisotopic (exact) mass is 227 g/mol. The van der Waals surface area contributed by atoms with Gasteiger partial charge in [0.1, 0.15) is 0 Å². The average Bonchev–Trinajstić information content (AvgIpc) is 2.36. The SMILES string of the molecule is CC1(C)CC(NC2CCCOC2)C(C)(C)O1. The van der Waals surface area contributed by atoms with E-state index in [-0.39, 0.29) is 11.2 Å². The average molecular weight is 227 g/mol. The molecule has 2 fully saturated rings. The Kier molecular flexibility index (Phi) is 3.30. The Morgan fingerprint density at radius 3 is 2.44 bits per heavy atom. The van der Waals surface area contributed by atoms with E-state index < -0.39 is 0 Å². The van der Waals surface area contributed by atoms with E-state index in [1.807, 2.05) is 0 Å². The highest BCUT2D eigenvalue weighted by Crippen LogP contribution is 2.37. The molecule has 0 aliphatic carbocycles. The normalized spacial score (nSPS) is 37.5. The van der Waals surface area contributed by atoms with Gasteiger partial charge in [-0.1, -0.05) is 0 Å². The van der Waals surface area contributed by atoms with Crippen LogP contribution in [0.1, 0.15) is 47.0 Å². The number of nitrogens with one attached hydrogen (secondary N) is 1. The molecule has 3 heteroatoms. The molecule has 0 bridgehead atoms. The van der Waals surface area contributed by atoms with Crippen molar-refractivity contribution in [2.75, 3.05) is 13.2 Å². The van der Waals surface area contributed by atoms with Crippen LogP contribution >= 0.6 is 0 Å². The highest BCUT2D eigenvalue weighted by molar-refractivity contribution is 5.00. The second-order valence-corrected chi connectivity index (χ2v) is 6.30. The first kappa shape index (κ1) is 12.3. The first-order valence-corrected chi connectivity index (χ1v) is 6.43. The van der Waals surface area contributed by atoms with Crippen LogP contribution in [-0.4, -0.2) is 36.5 Å². The fourth-order valence-electron chi connectivity index (χ4n) is 2.98. The molecule has 0 radical (unpaired) electrons. The van der Waals surface area contributed by atoms with Gasteiger partial charge in [-0.25, -0.2) is 0 Å². The molecule has 1 N–H and O–H groups in total. The quantitative estimate of drug-likeness (QED) is 0.783. The molecule has 3 nitrogen and oxygen atoms in total. The Hall–Kier alpha value is -0.120. The van der Waals surface area contributed by atoms with E-state index in [0.717, 1.165) is 19.6 Å². The Bertz CT molecular complexity index is 244. The van der Waals surface area contributed by atoms with Crippen LogP contribution in [0.2, 0.25) is 0 Å². The van der Waals surface area contributed by atoms with Crippen molar-refractivity contribution in [1.29, 1.82) is 0 Å². The molecular weight excluding hydrogens is 202 g/mol. The molecule has 2 rings (SSSR count). The molecule has 94 valence electrons. The molecular formula is C13H25NO2. The first-order valence-electron chi connectivity index (χ1n) is 6.43. The molecule has 16 heavy (non-hydrogen) atoms. The van der Waals surface area contributed by atoms with Crippen LogP contribution in [0.15, 0.2) is 0 Å². The smallest absolute Gasteiger partial charge is 0.0787 e. The van der Waals surface area contributed by atoms with Crippen molar-refractivity contribution in [2.45, 2.75) is 70.2 Å². The number of rotatable bonds is 2. The van der Waals surface area contributed by atoms with Gasteiger partial charge in [0.15, 0.2) is 0 Å². The lowest BCUT2D eigenvalue weighted by Crippen LogP contribution is -2.50. The van der Waals surface area contributed by atoms with Gasteiger partial charge in [-0.05, 0) is 47.0 Å². The Balaban J connectivity index is 1.93. The lowest BCUT2D eigenvalue weighted by atomic mass is 9.93. The van der Waals surface area contributed by atoms with Crippen LogP contribution in [0.3, 0.4) is 0 Å². The molecule has 0 aromatic heterocycles. The molecule has 0 saturated carbocycles. The van der Waals surface area contributed by atoms with Gasteiger partial charge in [-0.15, -0.1) is 0 Å². The zero-order valence-corrected chi connectivity index (χ0v) is 11.0. The molecule has 0 amide bonds. The third-order valence-electron chi connectivity index (χ3n) is 3.67. The van der Waals surface area contributed by atoms with Gasteiger partial charge in [-0.2, -0.15) is 0 Å². The van der Waals surface area contributed by atoms with Crippen molar-refractivity contribution in [3.8, 4) is 0 Å². The summed E-state index contributed by atoms with van der Waals surface area (Å²) >= 11 is 0. The minimum Gasteiger partial charge on any atom is -0.380 e. The molecule has 2 saturated heterocycles. The van der Waals surface area contributed by atoms with Gasteiger partial charge in [0.2, 0.25) is 0 Å². The second kappa shape index (κ2) is 4.28. The van der Waals surface area contributed by atoms with Crippen molar-refractivity contribution in [2.24, 2.45) is 0 Å². The van der Waals surface area contributed by atoms with E-state index in [9.17, 15) is 0 Å². The van der Waals surface area contributed by atoms with Gasteiger partial charge in [0.25, 0.3) is 0 Å². The zero-order chi connectivity index (χ0) is 11.8. The zero-order valence-electron chi connectivity index (χ0n) is 11.0. The minimum atomic E-state index is -0.0685. The van der Waals surface area contributed by atoms with Crippen molar-refractivity contribution in [1.82, 2.24) is 5.32 Å². The van der Waals surface area contributed by atoms with E-state index in [0.29, 0.717) is 12.1 Å². The minimum absolute atomic E-state index is 0.00328. The first-order chi connectivity index (χ1) is 7.39. The van der Waals surface area contributed by atoms with Gasteiger partial charge in [-0.3, -0.25) is 0 Å². The van der Waals surface area contributed by atoms with Crippen LogP contribution in [0.4, 0.5) is 0 Å². The molecule has 0 aromatic rings. The largest absolute Gasteiger partial charge is 0.380 e. The van der Waals surface area contributed by atoms with Gasteiger partial charge in [0.05, 0.1) is 17.8 Å². The standard InChI is InChI=1S/C13H25NO2/c1-12(2)8-11(13(3,4)16-12)14-10-6-5-7-15-9-10/h10-11,14H,5-9H2,1-4H3. The third-order valence-corrected chi connectivity index (χ3v) is 3.67. The summed E-state index contributed by atoms with van der Waals surface area (Å²) in [6, 6.07) is 0.949. The van der Waals surface area contributed by atoms with Gasteiger partial charge < -0.3 is 14.8 Å². The third kappa shape index (κ3) is 2.76. The lowest BCUT2D eigenvalue weighted by Gasteiger charge is -2.32. The molecule has 2 unspecified atom stereocenters. The Morgan fingerprint density at radius 2 is 1.94 bits per heavy atom. The van der Waals surface area contributed by atoms with E-state index in [2.05, 4.69) is 33.0 Å². The Labute approximate surface area is 98.9 Å². The molecule has 0 spiro atoms. The highest BCUT2D eigenvalue weighted by atomic mass is 16.5. The summed E-state index contributed by atoms with van der Waals surface area (Å²) < 4.78 is 11.6. The summed E-state index contributed by atoms with van der Waals surface area (Å²) in [5, 5.41) is 3.71. The molecule has 2 aliphatic heterocycles. The van der Waals surface area contributed by atoms with Crippen LogP contribution in [0.5, 0.6) is 0 Å². The molecule has 0 aromatic carbocycles. The van der Waals surface area contributed by atoms with E-state index in [1.54, 1.807) is 0 Å². The molecule has 2 atom stereocenters.